The van der Waals surface area contributed by atoms with Crippen molar-refractivity contribution in [3.8, 4) is 9.88 Å². The number of halogens is 1. The fraction of sp³-hybridized carbons (Fsp3) is 0.125. The molecule has 1 N–H and O–H groups in total. The Hall–Kier alpha value is -1.50. The van der Waals surface area contributed by atoms with Crippen molar-refractivity contribution in [3.63, 3.8) is 0 Å². The Labute approximate surface area is 145 Å². The zero-order valence-electron chi connectivity index (χ0n) is 11.6. The molecule has 112 valence electrons. The molecule has 3 rings (SSSR count). The molecule has 0 spiro atoms. The minimum absolute atomic E-state index is 0.0626. The van der Waals surface area contributed by atoms with Gasteiger partial charge in [-0.25, -0.2) is 4.98 Å². The van der Waals surface area contributed by atoms with Crippen LogP contribution in [-0.2, 0) is 6.42 Å². The molecule has 0 fully saturated rings. The predicted octanol–water partition coefficient (Wildman–Crippen LogP) is 4.61. The Kier molecular flexibility index (Phi) is 5.02. The highest BCUT2D eigenvalue weighted by Gasteiger charge is 2.12. The van der Waals surface area contributed by atoms with Crippen LogP contribution in [0.4, 0.5) is 0 Å². The first-order valence-corrected chi connectivity index (χ1v) is 9.24. The van der Waals surface area contributed by atoms with Crippen molar-refractivity contribution >= 4 is 44.5 Å². The van der Waals surface area contributed by atoms with Crippen LogP contribution in [0.5, 0.6) is 0 Å². The molecule has 2 aromatic heterocycles. The van der Waals surface area contributed by atoms with Crippen LogP contribution in [0.1, 0.15) is 15.2 Å². The number of hydrogen-bond donors (Lipinski definition) is 1. The molecule has 0 saturated carbocycles. The van der Waals surface area contributed by atoms with Crippen LogP contribution < -0.4 is 5.32 Å². The predicted molar refractivity (Wildman–Crippen MR) is 95.6 cm³/mol. The summed E-state index contributed by atoms with van der Waals surface area (Å²) in [5, 5.41) is 5.85. The van der Waals surface area contributed by atoms with E-state index in [-0.39, 0.29) is 5.91 Å². The number of hydrogen-bond acceptors (Lipinski definition) is 4. The quantitative estimate of drug-likeness (QED) is 0.688. The maximum absolute atomic E-state index is 12.2. The number of thiazole rings is 1. The summed E-state index contributed by atoms with van der Waals surface area (Å²) in [5.74, 6) is -0.0626. The van der Waals surface area contributed by atoms with E-state index in [0.717, 1.165) is 20.8 Å². The maximum Gasteiger partial charge on any atom is 0.263 e. The van der Waals surface area contributed by atoms with E-state index in [1.165, 1.54) is 16.9 Å². The number of nitrogens with one attached hydrogen (secondary N) is 1. The Morgan fingerprint density at radius 2 is 2.09 bits per heavy atom. The molecular weight excluding hydrogens is 380 g/mol. The number of benzene rings is 1. The average molecular weight is 393 g/mol. The molecule has 2 heterocycles. The van der Waals surface area contributed by atoms with Gasteiger partial charge in [-0.1, -0.05) is 40.2 Å². The maximum atomic E-state index is 12.2. The van der Waals surface area contributed by atoms with Gasteiger partial charge < -0.3 is 5.32 Å². The SMILES string of the molecule is O=C(NCCc1ccccc1Br)c1cnc(-c2cccs2)s1. The van der Waals surface area contributed by atoms with Gasteiger partial charge in [0, 0.05) is 11.0 Å². The first-order chi connectivity index (χ1) is 10.7. The summed E-state index contributed by atoms with van der Waals surface area (Å²) < 4.78 is 1.07. The Morgan fingerprint density at radius 3 is 2.86 bits per heavy atom. The summed E-state index contributed by atoms with van der Waals surface area (Å²) >= 11 is 6.57. The van der Waals surface area contributed by atoms with Crippen LogP contribution >= 0.6 is 38.6 Å². The zero-order chi connectivity index (χ0) is 15.4. The van der Waals surface area contributed by atoms with E-state index >= 15 is 0 Å². The molecule has 6 heteroatoms. The first-order valence-electron chi connectivity index (χ1n) is 6.75. The van der Waals surface area contributed by atoms with Crippen molar-refractivity contribution in [2.45, 2.75) is 6.42 Å². The molecule has 0 atom stereocenters. The summed E-state index contributed by atoms with van der Waals surface area (Å²) in [4.78, 5) is 18.2. The third-order valence-corrected chi connectivity index (χ3v) is 5.91. The van der Waals surface area contributed by atoms with Crippen molar-refractivity contribution in [1.82, 2.24) is 10.3 Å². The fourth-order valence-electron chi connectivity index (χ4n) is 1.99. The van der Waals surface area contributed by atoms with Crippen molar-refractivity contribution in [1.29, 1.82) is 0 Å². The van der Waals surface area contributed by atoms with Crippen molar-refractivity contribution in [2.24, 2.45) is 0 Å². The van der Waals surface area contributed by atoms with Crippen LogP contribution in [0, 0.1) is 0 Å². The van der Waals surface area contributed by atoms with Gasteiger partial charge in [0.25, 0.3) is 5.91 Å². The van der Waals surface area contributed by atoms with E-state index in [9.17, 15) is 4.79 Å². The monoisotopic (exact) mass is 392 g/mol. The minimum atomic E-state index is -0.0626. The van der Waals surface area contributed by atoms with Crippen LogP contribution in [0.25, 0.3) is 9.88 Å². The fourth-order valence-corrected chi connectivity index (χ4v) is 4.11. The van der Waals surface area contributed by atoms with E-state index in [1.54, 1.807) is 17.5 Å². The highest BCUT2D eigenvalue weighted by molar-refractivity contribution is 9.10. The summed E-state index contributed by atoms with van der Waals surface area (Å²) in [6.45, 7) is 0.605. The summed E-state index contributed by atoms with van der Waals surface area (Å²) in [6.07, 6.45) is 2.44. The number of aromatic nitrogens is 1. The normalized spacial score (nSPS) is 10.6. The second-order valence-electron chi connectivity index (χ2n) is 4.60. The van der Waals surface area contributed by atoms with Gasteiger partial charge in [0.2, 0.25) is 0 Å². The topological polar surface area (TPSA) is 42.0 Å². The standard InChI is InChI=1S/C16H13BrN2OS2/c17-12-5-2-1-4-11(12)7-8-18-15(20)14-10-19-16(22-14)13-6-3-9-21-13/h1-6,9-10H,7-8H2,(H,18,20). The van der Waals surface area contributed by atoms with Gasteiger partial charge in [-0.2, -0.15) is 0 Å². The van der Waals surface area contributed by atoms with Crippen molar-refractivity contribution in [3.05, 3.63) is 62.9 Å². The third-order valence-electron chi connectivity index (χ3n) is 3.10. The molecular formula is C16H13BrN2OS2. The molecule has 0 saturated heterocycles. The van der Waals surface area contributed by atoms with E-state index < -0.39 is 0 Å². The van der Waals surface area contributed by atoms with Gasteiger partial charge in [-0.05, 0) is 29.5 Å². The lowest BCUT2D eigenvalue weighted by Crippen LogP contribution is -2.24. The van der Waals surface area contributed by atoms with E-state index in [4.69, 9.17) is 0 Å². The summed E-state index contributed by atoms with van der Waals surface area (Å²) in [6, 6.07) is 12.0. The number of amides is 1. The molecule has 0 aliphatic heterocycles. The van der Waals surface area contributed by atoms with Gasteiger partial charge in [0.1, 0.15) is 9.88 Å². The van der Waals surface area contributed by atoms with Gasteiger partial charge in [0.15, 0.2) is 0 Å². The highest BCUT2D eigenvalue weighted by atomic mass is 79.9. The molecule has 0 aliphatic carbocycles. The number of rotatable bonds is 5. The van der Waals surface area contributed by atoms with E-state index in [1.807, 2.05) is 35.7 Å². The minimum Gasteiger partial charge on any atom is -0.351 e. The zero-order valence-corrected chi connectivity index (χ0v) is 14.8. The number of carbonyl (C=O) groups is 1. The summed E-state index contributed by atoms with van der Waals surface area (Å²) in [5.41, 5.74) is 1.19. The number of nitrogens with zero attached hydrogens (tertiary/aromatic N) is 1. The van der Waals surface area contributed by atoms with Crippen molar-refractivity contribution in [2.75, 3.05) is 6.54 Å². The van der Waals surface area contributed by atoms with Gasteiger partial charge in [0.05, 0.1) is 11.1 Å². The molecule has 1 aromatic carbocycles. The second-order valence-corrected chi connectivity index (χ2v) is 7.44. The van der Waals surface area contributed by atoms with Crippen molar-refractivity contribution < 1.29 is 4.79 Å². The Bertz CT molecular complexity index is 768. The van der Waals surface area contributed by atoms with E-state index in [2.05, 4.69) is 32.3 Å². The molecule has 3 nitrogen and oxygen atoms in total. The van der Waals surface area contributed by atoms with Crippen LogP contribution in [0.3, 0.4) is 0 Å². The highest BCUT2D eigenvalue weighted by Crippen LogP contribution is 2.28. The molecule has 22 heavy (non-hydrogen) atoms. The first kappa shape index (κ1) is 15.4. The van der Waals surface area contributed by atoms with Gasteiger partial charge >= 0.3 is 0 Å². The van der Waals surface area contributed by atoms with Gasteiger partial charge in [-0.3, -0.25) is 4.79 Å². The molecule has 0 aliphatic rings. The lowest BCUT2D eigenvalue weighted by molar-refractivity contribution is 0.0958. The smallest absolute Gasteiger partial charge is 0.263 e. The molecule has 0 bridgehead atoms. The third kappa shape index (κ3) is 3.63. The second kappa shape index (κ2) is 7.17. The molecule has 1 amide bonds. The summed E-state index contributed by atoms with van der Waals surface area (Å²) in [7, 11) is 0. The molecule has 0 radical (unpaired) electrons. The molecule has 3 aromatic rings. The Morgan fingerprint density at radius 1 is 1.23 bits per heavy atom. The number of thiophene rings is 1. The lowest BCUT2D eigenvalue weighted by Gasteiger charge is -2.05. The molecule has 0 unspecified atom stereocenters. The average Bonchev–Trinajstić information content (AvgIpc) is 3.20. The largest absolute Gasteiger partial charge is 0.351 e. The van der Waals surface area contributed by atoms with Crippen LogP contribution in [0.2, 0.25) is 0 Å². The van der Waals surface area contributed by atoms with Crippen LogP contribution in [0.15, 0.2) is 52.4 Å². The Balaban J connectivity index is 1.57. The number of carbonyl (C=O) groups excluding carboxylic acids is 1. The van der Waals surface area contributed by atoms with Gasteiger partial charge in [-0.15, -0.1) is 22.7 Å². The lowest BCUT2D eigenvalue weighted by atomic mass is 10.1. The van der Waals surface area contributed by atoms with E-state index in [0.29, 0.717) is 11.4 Å². The van der Waals surface area contributed by atoms with Crippen LogP contribution in [-0.4, -0.2) is 17.4 Å².